The van der Waals surface area contributed by atoms with Gasteiger partial charge in [-0.05, 0) is 53.6 Å². The fourth-order valence-corrected chi connectivity index (χ4v) is 2.29. The molecule has 0 aliphatic rings. The van der Waals surface area contributed by atoms with Crippen molar-refractivity contribution >= 4 is 5.91 Å². The van der Waals surface area contributed by atoms with Crippen molar-refractivity contribution in [3.05, 3.63) is 78.1 Å². The Labute approximate surface area is 143 Å². The Morgan fingerprint density at radius 3 is 2.28 bits per heavy atom. The summed E-state index contributed by atoms with van der Waals surface area (Å²) in [5.74, 6) is -0.368. The third-order valence-electron chi connectivity index (χ3n) is 3.58. The van der Waals surface area contributed by atoms with Crippen molar-refractivity contribution in [3.8, 4) is 16.9 Å². The maximum absolute atomic E-state index is 12.9. The summed E-state index contributed by atoms with van der Waals surface area (Å²) < 4.78 is 31.1. The van der Waals surface area contributed by atoms with Crippen LogP contribution in [0, 0.1) is 11.6 Å². The van der Waals surface area contributed by atoms with Crippen molar-refractivity contribution in [1.29, 1.82) is 0 Å². The quantitative estimate of drug-likeness (QED) is 0.670. The van der Waals surface area contributed by atoms with E-state index in [-0.39, 0.29) is 24.1 Å². The van der Waals surface area contributed by atoms with Crippen LogP contribution in [0.5, 0.6) is 5.75 Å². The van der Waals surface area contributed by atoms with Crippen LogP contribution < -0.4 is 10.1 Å². The molecule has 128 valence electrons. The number of hydrogen-bond acceptors (Lipinski definition) is 2. The molecule has 3 aromatic rings. The molecule has 0 saturated heterocycles. The fraction of sp³-hybridized carbons (Fsp3) is 0.105. The van der Waals surface area contributed by atoms with Crippen LogP contribution in [-0.2, 0) is 0 Å². The van der Waals surface area contributed by atoms with E-state index in [1.807, 2.05) is 0 Å². The Bertz CT molecular complexity index is 843. The van der Waals surface area contributed by atoms with Crippen molar-refractivity contribution in [2.24, 2.45) is 0 Å². The predicted molar refractivity (Wildman–Crippen MR) is 90.4 cm³/mol. The summed E-state index contributed by atoms with van der Waals surface area (Å²) in [5.41, 5.74) is 2.02. The first kappa shape index (κ1) is 16.7. The molecule has 1 heterocycles. The van der Waals surface area contributed by atoms with Crippen LogP contribution in [0.25, 0.3) is 11.1 Å². The summed E-state index contributed by atoms with van der Waals surface area (Å²) in [7, 11) is 0. The Hall–Kier alpha value is -3.15. The van der Waals surface area contributed by atoms with Crippen molar-refractivity contribution in [2.45, 2.75) is 0 Å². The molecule has 0 fully saturated rings. The van der Waals surface area contributed by atoms with Gasteiger partial charge in [0.15, 0.2) is 0 Å². The minimum absolute atomic E-state index is 0.267. The molecular formula is C19H16F2N2O2. The van der Waals surface area contributed by atoms with Crippen LogP contribution in [0.4, 0.5) is 8.78 Å². The number of carbonyl (C=O) groups excluding carboxylic acids is 1. The molecule has 25 heavy (non-hydrogen) atoms. The second-order valence-corrected chi connectivity index (χ2v) is 5.37. The van der Waals surface area contributed by atoms with E-state index in [9.17, 15) is 13.6 Å². The highest BCUT2D eigenvalue weighted by Crippen LogP contribution is 2.20. The largest absolute Gasteiger partial charge is 0.492 e. The van der Waals surface area contributed by atoms with Crippen LogP contribution in [0.3, 0.4) is 0 Å². The zero-order valence-corrected chi connectivity index (χ0v) is 13.3. The molecule has 3 rings (SSSR count). The highest BCUT2D eigenvalue weighted by molar-refractivity contribution is 5.93. The van der Waals surface area contributed by atoms with Gasteiger partial charge in [-0.3, -0.25) is 4.79 Å². The molecule has 0 unspecified atom stereocenters. The first-order valence-corrected chi connectivity index (χ1v) is 7.73. The number of carbonyl (C=O) groups is 1. The first-order chi connectivity index (χ1) is 12.1. The van der Waals surface area contributed by atoms with Gasteiger partial charge in [0.1, 0.15) is 29.7 Å². The van der Waals surface area contributed by atoms with Crippen molar-refractivity contribution in [1.82, 2.24) is 10.3 Å². The highest BCUT2D eigenvalue weighted by atomic mass is 19.1. The number of benzene rings is 2. The average molecular weight is 342 g/mol. The van der Waals surface area contributed by atoms with E-state index in [1.54, 1.807) is 24.4 Å². The molecule has 1 aromatic heterocycles. The van der Waals surface area contributed by atoms with Crippen LogP contribution in [0.2, 0.25) is 0 Å². The molecule has 0 radical (unpaired) electrons. The van der Waals surface area contributed by atoms with Gasteiger partial charge in [-0.2, -0.15) is 0 Å². The van der Waals surface area contributed by atoms with Gasteiger partial charge in [-0.15, -0.1) is 0 Å². The number of amides is 1. The van der Waals surface area contributed by atoms with Crippen molar-refractivity contribution < 1.29 is 18.3 Å². The van der Waals surface area contributed by atoms with Crippen molar-refractivity contribution in [3.63, 3.8) is 0 Å². The SMILES string of the molecule is O=C(NCCOc1ccc(F)cc1)c1cc(-c2ccc(F)cc2)c[nH]1. The lowest BCUT2D eigenvalue weighted by Crippen LogP contribution is -2.28. The summed E-state index contributed by atoms with van der Waals surface area (Å²) in [6.45, 7) is 0.573. The third kappa shape index (κ3) is 4.44. The molecule has 6 heteroatoms. The van der Waals surface area contributed by atoms with E-state index in [0.717, 1.165) is 11.1 Å². The van der Waals surface area contributed by atoms with Gasteiger partial charge in [-0.25, -0.2) is 8.78 Å². The summed E-state index contributed by atoms with van der Waals surface area (Å²) in [4.78, 5) is 15.0. The van der Waals surface area contributed by atoms with E-state index in [1.165, 1.54) is 36.4 Å². The first-order valence-electron chi connectivity index (χ1n) is 7.73. The lowest BCUT2D eigenvalue weighted by Gasteiger charge is -2.07. The molecule has 4 nitrogen and oxygen atoms in total. The number of halogens is 2. The molecular weight excluding hydrogens is 326 g/mol. The summed E-state index contributed by atoms with van der Waals surface area (Å²) in [5, 5.41) is 2.73. The smallest absolute Gasteiger partial charge is 0.267 e. The van der Waals surface area contributed by atoms with Gasteiger partial charge in [-0.1, -0.05) is 12.1 Å². The van der Waals surface area contributed by atoms with Crippen LogP contribution in [0.1, 0.15) is 10.5 Å². The van der Waals surface area contributed by atoms with Gasteiger partial charge in [0.05, 0.1) is 6.54 Å². The second-order valence-electron chi connectivity index (χ2n) is 5.37. The van der Waals surface area contributed by atoms with Crippen molar-refractivity contribution in [2.75, 3.05) is 13.2 Å². The molecule has 0 saturated carbocycles. The lowest BCUT2D eigenvalue weighted by atomic mass is 10.1. The van der Waals surface area contributed by atoms with E-state index in [0.29, 0.717) is 18.0 Å². The topological polar surface area (TPSA) is 54.1 Å². The third-order valence-corrected chi connectivity index (χ3v) is 3.58. The molecule has 0 bridgehead atoms. The monoisotopic (exact) mass is 342 g/mol. The summed E-state index contributed by atoms with van der Waals surface area (Å²) in [6, 6.07) is 13.4. The molecule has 1 amide bonds. The fourth-order valence-electron chi connectivity index (χ4n) is 2.29. The van der Waals surface area contributed by atoms with Crippen LogP contribution >= 0.6 is 0 Å². The molecule has 0 atom stereocenters. The van der Waals surface area contributed by atoms with E-state index in [4.69, 9.17) is 4.74 Å². The maximum Gasteiger partial charge on any atom is 0.267 e. The Morgan fingerprint density at radius 1 is 0.960 bits per heavy atom. The Balaban J connectivity index is 1.50. The van der Waals surface area contributed by atoms with Crippen LogP contribution in [0.15, 0.2) is 60.8 Å². The molecule has 0 aliphatic heterocycles. The van der Waals surface area contributed by atoms with Gasteiger partial charge < -0.3 is 15.0 Å². The summed E-state index contributed by atoms with van der Waals surface area (Å²) >= 11 is 0. The average Bonchev–Trinajstić information content (AvgIpc) is 3.11. The Kier molecular flexibility index (Phi) is 5.09. The maximum atomic E-state index is 12.9. The standard InChI is InChI=1S/C19H16F2N2O2/c20-15-3-1-13(2-4-15)14-11-18(23-12-14)19(24)22-9-10-25-17-7-5-16(21)6-8-17/h1-8,11-12,23H,9-10H2,(H,22,24). The van der Waals surface area contributed by atoms with E-state index < -0.39 is 0 Å². The summed E-state index contributed by atoms with van der Waals surface area (Å²) in [6.07, 6.45) is 1.69. The van der Waals surface area contributed by atoms with E-state index in [2.05, 4.69) is 10.3 Å². The normalized spacial score (nSPS) is 10.5. The zero-order valence-electron chi connectivity index (χ0n) is 13.3. The van der Waals surface area contributed by atoms with E-state index >= 15 is 0 Å². The van der Waals surface area contributed by atoms with Gasteiger partial charge in [0.2, 0.25) is 0 Å². The van der Waals surface area contributed by atoms with Gasteiger partial charge in [0, 0.05) is 6.20 Å². The second kappa shape index (κ2) is 7.61. The number of aromatic nitrogens is 1. The number of hydrogen-bond donors (Lipinski definition) is 2. The van der Waals surface area contributed by atoms with Gasteiger partial charge in [0.25, 0.3) is 5.91 Å². The Morgan fingerprint density at radius 2 is 1.60 bits per heavy atom. The lowest BCUT2D eigenvalue weighted by molar-refractivity contribution is 0.0942. The minimum Gasteiger partial charge on any atom is -0.492 e. The molecule has 2 aromatic carbocycles. The highest BCUT2D eigenvalue weighted by Gasteiger charge is 2.09. The molecule has 0 spiro atoms. The number of H-pyrrole nitrogens is 1. The minimum atomic E-state index is -0.329. The number of rotatable bonds is 6. The predicted octanol–water partition coefficient (Wildman–Crippen LogP) is 3.77. The van der Waals surface area contributed by atoms with Crippen LogP contribution in [-0.4, -0.2) is 24.0 Å². The molecule has 2 N–H and O–H groups in total. The van der Waals surface area contributed by atoms with Gasteiger partial charge >= 0.3 is 0 Å². The zero-order chi connectivity index (χ0) is 17.6. The molecule has 0 aliphatic carbocycles. The number of nitrogens with one attached hydrogen (secondary N) is 2. The number of aromatic amines is 1. The number of ether oxygens (including phenoxy) is 1.